The van der Waals surface area contributed by atoms with Crippen molar-refractivity contribution in [2.24, 2.45) is 5.73 Å². The van der Waals surface area contributed by atoms with Crippen molar-refractivity contribution < 1.29 is 4.39 Å². The molecule has 3 heteroatoms. The fraction of sp³-hybridized carbons (Fsp3) is 0.353. The van der Waals surface area contributed by atoms with E-state index in [2.05, 4.69) is 37.0 Å². The first-order chi connectivity index (χ1) is 9.43. The maximum atomic E-state index is 13.0. The largest absolute Gasteiger partial charge is 0.320 e. The minimum Gasteiger partial charge on any atom is -0.320 e. The van der Waals surface area contributed by atoms with Gasteiger partial charge in [0.25, 0.3) is 0 Å². The van der Waals surface area contributed by atoms with Crippen molar-refractivity contribution in [1.29, 1.82) is 0 Å². The van der Waals surface area contributed by atoms with E-state index in [4.69, 9.17) is 5.73 Å². The topological polar surface area (TPSA) is 38.9 Å². The number of halogens is 1. The molecule has 0 aliphatic heterocycles. The van der Waals surface area contributed by atoms with Crippen LogP contribution in [0.1, 0.15) is 35.7 Å². The van der Waals surface area contributed by atoms with E-state index in [1.54, 1.807) is 6.07 Å². The minimum absolute atomic E-state index is 0.335. The van der Waals surface area contributed by atoms with Crippen molar-refractivity contribution in [3.63, 3.8) is 0 Å². The van der Waals surface area contributed by atoms with Gasteiger partial charge in [0.05, 0.1) is 17.4 Å². The summed E-state index contributed by atoms with van der Waals surface area (Å²) in [5.41, 5.74) is 10.3. The predicted molar refractivity (Wildman–Crippen MR) is 80.0 cm³/mol. The Morgan fingerprint density at radius 2 is 1.80 bits per heavy atom. The van der Waals surface area contributed by atoms with E-state index in [1.165, 1.54) is 29.0 Å². The molecule has 20 heavy (non-hydrogen) atoms. The second-order valence-electron chi connectivity index (χ2n) is 5.54. The molecule has 0 saturated carbocycles. The van der Waals surface area contributed by atoms with E-state index in [9.17, 15) is 4.39 Å². The maximum Gasteiger partial charge on any atom is 0.141 e. The van der Waals surface area contributed by atoms with Crippen LogP contribution < -0.4 is 5.73 Å². The number of nitrogens with two attached hydrogens (primary N) is 1. The SMILES string of the molecule is CCC(N)(Cc1cc(C)cc(C)c1)c1ccc(F)cn1. The lowest BCUT2D eigenvalue weighted by Gasteiger charge is -2.28. The molecule has 0 fully saturated rings. The van der Waals surface area contributed by atoms with Gasteiger partial charge in [0.2, 0.25) is 0 Å². The molecule has 1 atom stereocenters. The Balaban J connectivity index is 2.33. The average Bonchev–Trinajstić information content (AvgIpc) is 2.38. The molecule has 1 aromatic carbocycles. The van der Waals surface area contributed by atoms with Gasteiger partial charge in [-0.3, -0.25) is 4.98 Å². The zero-order valence-corrected chi connectivity index (χ0v) is 12.3. The van der Waals surface area contributed by atoms with Crippen LogP contribution >= 0.6 is 0 Å². The monoisotopic (exact) mass is 272 g/mol. The Labute approximate surface area is 119 Å². The third-order valence-electron chi connectivity index (χ3n) is 3.67. The summed E-state index contributed by atoms with van der Waals surface area (Å²) < 4.78 is 13.0. The molecule has 0 spiro atoms. The number of nitrogens with zero attached hydrogens (tertiary/aromatic N) is 1. The molecule has 1 heterocycles. The summed E-state index contributed by atoms with van der Waals surface area (Å²) in [6.07, 6.45) is 2.68. The Morgan fingerprint density at radius 3 is 2.30 bits per heavy atom. The van der Waals surface area contributed by atoms with Crippen molar-refractivity contribution >= 4 is 0 Å². The Kier molecular flexibility index (Phi) is 4.19. The van der Waals surface area contributed by atoms with Gasteiger partial charge in [-0.2, -0.15) is 0 Å². The van der Waals surface area contributed by atoms with Crippen LogP contribution in [0, 0.1) is 19.7 Å². The van der Waals surface area contributed by atoms with Gasteiger partial charge in [-0.25, -0.2) is 4.39 Å². The highest BCUT2D eigenvalue weighted by molar-refractivity contribution is 5.31. The van der Waals surface area contributed by atoms with Gasteiger partial charge in [0.1, 0.15) is 5.82 Å². The number of hydrogen-bond donors (Lipinski definition) is 1. The van der Waals surface area contributed by atoms with Gasteiger partial charge in [-0.1, -0.05) is 36.2 Å². The number of pyridine rings is 1. The van der Waals surface area contributed by atoms with E-state index >= 15 is 0 Å². The van der Waals surface area contributed by atoms with Gasteiger partial charge < -0.3 is 5.73 Å². The molecule has 2 nitrogen and oxygen atoms in total. The van der Waals surface area contributed by atoms with Gasteiger partial charge >= 0.3 is 0 Å². The fourth-order valence-corrected chi connectivity index (χ4v) is 2.60. The highest BCUT2D eigenvalue weighted by Gasteiger charge is 2.27. The van der Waals surface area contributed by atoms with Crippen LogP contribution in [0.5, 0.6) is 0 Å². The van der Waals surface area contributed by atoms with Gasteiger partial charge in [-0.05, 0) is 44.4 Å². The summed E-state index contributed by atoms with van der Waals surface area (Å²) in [4.78, 5) is 4.16. The molecular weight excluding hydrogens is 251 g/mol. The van der Waals surface area contributed by atoms with Crippen LogP contribution in [0.25, 0.3) is 0 Å². The maximum absolute atomic E-state index is 13.0. The first-order valence-electron chi connectivity index (χ1n) is 6.91. The molecule has 2 rings (SSSR count). The lowest BCUT2D eigenvalue weighted by molar-refractivity contribution is 0.410. The van der Waals surface area contributed by atoms with Crippen LogP contribution in [0.15, 0.2) is 36.5 Å². The molecule has 2 aromatic rings. The van der Waals surface area contributed by atoms with Crippen molar-refractivity contribution in [3.8, 4) is 0 Å². The molecule has 0 aliphatic rings. The lowest BCUT2D eigenvalue weighted by atomic mass is 9.85. The Hall–Kier alpha value is -1.74. The van der Waals surface area contributed by atoms with Crippen molar-refractivity contribution in [2.75, 3.05) is 0 Å². The predicted octanol–water partition coefficient (Wildman–Crippen LogP) is 3.64. The molecule has 0 radical (unpaired) electrons. The molecular formula is C17H21FN2. The van der Waals surface area contributed by atoms with Gasteiger partial charge in [0.15, 0.2) is 0 Å². The van der Waals surface area contributed by atoms with Gasteiger partial charge in [-0.15, -0.1) is 0 Å². The highest BCUT2D eigenvalue weighted by Crippen LogP contribution is 2.26. The van der Waals surface area contributed by atoms with E-state index < -0.39 is 5.54 Å². The molecule has 1 aromatic heterocycles. The van der Waals surface area contributed by atoms with E-state index in [1.807, 2.05) is 6.92 Å². The summed E-state index contributed by atoms with van der Waals surface area (Å²) >= 11 is 0. The highest BCUT2D eigenvalue weighted by atomic mass is 19.1. The minimum atomic E-state index is -0.562. The summed E-state index contributed by atoms with van der Waals surface area (Å²) in [7, 11) is 0. The number of hydrogen-bond acceptors (Lipinski definition) is 2. The second-order valence-corrected chi connectivity index (χ2v) is 5.54. The van der Waals surface area contributed by atoms with Crippen molar-refractivity contribution in [1.82, 2.24) is 4.98 Å². The van der Waals surface area contributed by atoms with Crippen molar-refractivity contribution in [3.05, 3.63) is 64.7 Å². The lowest BCUT2D eigenvalue weighted by Crippen LogP contribution is -2.39. The zero-order valence-electron chi connectivity index (χ0n) is 12.3. The molecule has 0 aliphatic carbocycles. The summed E-state index contributed by atoms with van der Waals surface area (Å²) in [6.45, 7) is 6.20. The molecule has 0 bridgehead atoms. The third kappa shape index (κ3) is 3.23. The first kappa shape index (κ1) is 14.7. The molecule has 0 amide bonds. The van der Waals surface area contributed by atoms with Gasteiger partial charge in [0, 0.05) is 0 Å². The van der Waals surface area contributed by atoms with E-state index in [0.29, 0.717) is 6.42 Å². The van der Waals surface area contributed by atoms with E-state index in [0.717, 1.165) is 12.1 Å². The normalized spacial score (nSPS) is 14.1. The van der Waals surface area contributed by atoms with Crippen LogP contribution in [0.2, 0.25) is 0 Å². The number of aryl methyl sites for hydroxylation is 2. The standard InChI is InChI=1S/C17H21FN2/c1-4-17(19,16-6-5-15(18)11-20-16)10-14-8-12(2)7-13(3)9-14/h5-9,11H,4,10,19H2,1-3H3. The Bertz CT molecular complexity index is 572. The van der Waals surface area contributed by atoms with E-state index in [-0.39, 0.29) is 5.82 Å². The number of rotatable bonds is 4. The number of aromatic nitrogens is 1. The van der Waals surface area contributed by atoms with Crippen LogP contribution in [0.3, 0.4) is 0 Å². The first-order valence-corrected chi connectivity index (χ1v) is 6.91. The smallest absolute Gasteiger partial charge is 0.141 e. The molecule has 0 saturated heterocycles. The third-order valence-corrected chi connectivity index (χ3v) is 3.67. The molecule has 106 valence electrons. The fourth-order valence-electron chi connectivity index (χ4n) is 2.60. The molecule has 2 N–H and O–H groups in total. The summed E-state index contributed by atoms with van der Waals surface area (Å²) in [5, 5.41) is 0. The molecule has 1 unspecified atom stereocenters. The quantitative estimate of drug-likeness (QED) is 0.922. The number of benzene rings is 1. The Morgan fingerprint density at radius 1 is 1.15 bits per heavy atom. The summed E-state index contributed by atoms with van der Waals surface area (Å²) in [6, 6.07) is 9.54. The second kappa shape index (κ2) is 5.71. The van der Waals surface area contributed by atoms with Crippen LogP contribution in [0.4, 0.5) is 4.39 Å². The van der Waals surface area contributed by atoms with Crippen LogP contribution in [-0.2, 0) is 12.0 Å². The van der Waals surface area contributed by atoms with Crippen LogP contribution in [-0.4, -0.2) is 4.98 Å². The zero-order chi connectivity index (χ0) is 14.8. The average molecular weight is 272 g/mol. The summed E-state index contributed by atoms with van der Waals surface area (Å²) in [5.74, 6) is -0.335. The van der Waals surface area contributed by atoms with Crippen molar-refractivity contribution in [2.45, 2.75) is 39.2 Å².